The predicted molar refractivity (Wildman–Crippen MR) is 110 cm³/mol. The molecule has 0 aliphatic carbocycles. The van der Waals surface area contributed by atoms with Crippen LogP contribution in [0.5, 0.6) is 11.5 Å². The van der Waals surface area contributed by atoms with Gasteiger partial charge in [0.15, 0.2) is 0 Å². The number of morpholine rings is 1. The molecule has 0 bridgehead atoms. The van der Waals surface area contributed by atoms with Crippen molar-refractivity contribution < 1.29 is 19.0 Å². The second kappa shape index (κ2) is 9.28. The first-order valence-electron chi connectivity index (χ1n) is 9.16. The van der Waals surface area contributed by atoms with Gasteiger partial charge in [0.2, 0.25) is 0 Å². The molecule has 0 aromatic heterocycles. The second-order valence-electron chi connectivity index (χ2n) is 6.75. The van der Waals surface area contributed by atoms with Gasteiger partial charge in [-0.3, -0.25) is 9.69 Å². The van der Waals surface area contributed by atoms with Crippen molar-refractivity contribution in [2.75, 3.05) is 39.2 Å². The smallest absolute Gasteiger partial charge is 0.255 e. The summed E-state index contributed by atoms with van der Waals surface area (Å²) in [6.07, 6.45) is 0.255. The van der Waals surface area contributed by atoms with Crippen LogP contribution in [0.1, 0.15) is 22.8 Å². The summed E-state index contributed by atoms with van der Waals surface area (Å²) in [5, 5.41) is 3.27. The van der Waals surface area contributed by atoms with E-state index in [1.54, 1.807) is 12.1 Å². The van der Waals surface area contributed by atoms with Crippen LogP contribution >= 0.6 is 11.6 Å². The molecule has 0 saturated carbocycles. The molecule has 1 amide bonds. The standard InChI is InChI=1S/C21H25ClN2O4/c1-14-12-24(8-9-28-14)13-15-4-6-16(7-5-15)21(25)23-18-11-19(26-2)17(22)10-20(18)27-3/h4-7,10-11,14H,8-9,12-13H2,1-3H3,(H,23,25)/t14-/m1/s1. The Morgan fingerprint density at radius 3 is 2.57 bits per heavy atom. The summed E-state index contributed by atoms with van der Waals surface area (Å²) in [6, 6.07) is 10.9. The van der Waals surface area contributed by atoms with Crippen molar-refractivity contribution in [3.05, 3.63) is 52.5 Å². The third-order valence-corrected chi connectivity index (χ3v) is 4.96. The lowest BCUT2D eigenvalue weighted by Gasteiger charge is -2.31. The van der Waals surface area contributed by atoms with Gasteiger partial charge in [-0.2, -0.15) is 0 Å². The van der Waals surface area contributed by atoms with Crippen LogP contribution in [0.3, 0.4) is 0 Å². The van der Waals surface area contributed by atoms with E-state index in [-0.39, 0.29) is 12.0 Å². The fraction of sp³-hybridized carbons (Fsp3) is 0.381. The zero-order chi connectivity index (χ0) is 20.1. The monoisotopic (exact) mass is 404 g/mol. The molecule has 7 heteroatoms. The molecule has 0 spiro atoms. The molecular weight excluding hydrogens is 380 g/mol. The number of nitrogens with zero attached hydrogens (tertiary/aromatic N) is 1. The zero-order valence-electron chi connectivity index (χ0n) is 16.3. The first-order valence-corrected chi connectivity index (χ1v) is 9.53. The molecule has 3 rings (SSSR count). The molecule has 1 heterocycles. The number of carbonyl (C=O) groups excluding carboxylic acids is 1. The van der Waals surface area contributed by atoms with Gasteiger partial charge in [0.1, 0.15) is 11.5 Å². The second-order valence-corrected chi connectivity index (χ2v) is 7.16. The minimum absolute atomic E-state index is 0.228. The van der Waals surface area contributed by atoms with Crippen LogP contribution in [0, 0.1) is 0 Å². The number of anilines is 1. The maximum atomic E-state index is 12.6. The minimum Gasteiger partial charge on any atom is -0.495 e. The van der Waals surface area contributed by atoms with Gasteiger partial charge < -0.3 is 19.5 Å². The molecule has 150 valence electrons. The minimum atomic E-state index is -0.228. The molecule has 1 fully saturated rings. The molecule has 1 atom stereocenters. The predicted octanol–water partition coefficient (Wildman–Crippen LogP) is 3.83. The number of carbonyl (C=O) groups is 1. The summed E-state index contributed by atoms with van der Waals surface area (Å²) in [5.41, 5.74) is 2.23. The maximum Gasteiger partial charge on any atom is 0.255 e. The number of ether oxygens (including phenoxy) is 3. The Hall–Kier alpha value is -2.28. The van der Waals surface area contributed by atoms with Gasteiger partial charge >= 0.3 is 0 Å². The van der Waals surface area contributed by atoms with Crippen LogP contribution in [0.2, 0.25) is 5.02 Å². The molecule has 6 nitrogen and oxygen atoms in total. The van der Waals surface area contributed by atoms with E-state index in [0.717, 1.165) is 31.8 Å². The molecule has 1 aliphatic heterocycles. The van der Waals surface area contributed by atoms with Gasteiger partial charge in [-0.05, 0) is 24.6 Å². The number of nitrogens with one attached hydrogen (secondary N) is 1. The molecule has 1 aliphatic rings. The lowest BCUT2D eigenvalue weighted by molar-refractivity contribution is -0.0212. The van der Waals surface area contributed by atoms with E-state index >= 15 is 0 Å². The molecule has 0 unspecified atom stereocenters. The lowest BCUT2D eigenvalue weighted by atomic mass is 10.1. The molecule has 2 aromatic carbocycles. The van der Waals surface area contributed by atoms with E-state index in [4.69, 9.17) is 25.8 Å². The molecule has 0 radical (unpaired) electrons. The highest BCUT2D eigenvalue weighted by atomic mass is 35.5. The van der Waals surface area contributed by atoms with E-state index in [9.17, 15) is 4.79 Å². The van der Waals surface area contributed by atoms with Crippen molar-refractivity contribution >= 4 is 23.2 Å². The summed E-state index contributed by atoms with van der Waals surface area (Å²) in [5.74, 6) is 0.708. The van der Waals surface area contributed by atoms with Crippen molar-refractivity contribution in [2.24, 2.45) is 0 Å². The number of benzene rings is 2. The fourth-order valence-corrected chi connectivity index (χ4v) is 3.44. The van der Waals surface area contributed by atoms with Crippen LogP contribution in [-0.4, -0.2) is 50.8 Å². The van der Waals surface area contributed by atoms with Crippen molar-refractivity contribution in [1.82, 2.24) is 4.90 Å². The Bertz CT molecular complexity index is 826. The number of hydrogen-bond acceptors (Lipinski definition) is 5. The van der Waals surface area contributed by atoms with Gasteiger partial charge in [0.05, 0.1) is 37.6 Å². The number of rotatable bonds is 6. The Morgan fingerprint density at radius 1 is 1.21 bits per heavy atom. The van der Waals surface area contributed by atoms with Crippen molar-refractivity contribution in [1.29, 1.82) is 0 Å². The molecule has 28 heavy (non-hydrogen) atoms. The van der Waals surface area contributed by atoms with Gasteiger partial charge in [-0.15, -0.1) is 0 Å². The Labute approximate surface area is 170 Å². The normalized spacial score (nSPS) is 17.2. The van der Waals surface area contributed by atoms with Crippen molar-refractivity contribution in [3.63, 3.8) is 0 Å². The first kappa shape index (κ1) is 20.5. The average molecular weight is 405 g/mol. The van der Waals surface area contributed by atoms with Crippen LogP contribution in [-0.2, 0) is 11.3 Å². The molecule has 2 aromatic rings. The third-order valence-electron chi connectivity index (χ3n) is 4.67. The summed E-state index contributed by atoms with van der Waals surface area (Å²) in [7, 11) is 3.04. The Balaban J connectivity index is 1.68. The quantitative estimate of drug-likeness (QED) is 0.792. The van der Waals surface area contributed by atoms with Crippen LogP contribution < -0.4 is 14.8 Å². The summed E-state index contributed by atoms with van der Waals surface area (Å²) in [6.45, 7) is 5.52. The highest BCUT2D eigenvalue weighted by Crippen LogP contribution is 2.36. The number of hydrogen-bond donors (Lipinski definition) is 1. The maximum absolute atomic E-state index is 12.6. The van der Waals surface area contributed by atoms with Crippen LogP contribution in [0.25, 0.3) is 0 Å². The summed E-state index contributed by atoms with van der Waals surface area (Å²) in [4.78, 5) is 15.0. The van der Waals surface area contributed by atoms with Gasteiger partial charge in [-0.1, -0.05) is 23.7 Å². The third kappa shape index (κ3) is 4.95. The van der Waals surface area contributed by atoms with E-state index in [2.05, 4.69) is 17.1 Å². The number of methoxy groups -OCH3 is 2. The zero-order valence-corrected chi connectivity index (χ0v) is 17.1. The Morgan fingerprint density at radius 2 is 1.93 bits per heavy atom. The van der Waals surface area contributed by atoms with Crippen LogP contribution in [0.15, 0.2) is 36.4 Å². The van der Waals surface area contributed by atoms with E-state index in [1.165, 1.54) is 14.2 Å². The largest absolute Gasteiger partial charge is 0.495 e. The first-order chi connectivity index (χ1) is 13.5. The van der Waals surface area contributed by atoms with Gasteiger partial charge in [0.25, 0.3) is 5.91 Å². The number of amides is 1. The lowest BCUT2D eigenvalue weighted by Crippen LogP contribution is -2.40. The van der Waals surface area contributed by atoms with Gasteiger partial charge in [0, 0.05) is 37.3 Å². The number of halogens is 1. The molecule has 1 saturated heterocycles. The average Bonchev–Trinajstić information content (AvgIpc) is 2.69. The topological polar surface area (TPSA) is 60.0 Å². The van der Waals surface area contributed by atoms with E-state index in [1.807, 2.05) is 24.3 Å². The Kier molecular flexibility index (Phi) is 6.78. The van der Waals surface area contributed by atoms with Crippen LogP contribution in [0.4, 0.5) is 5.69 Å². The SMILES string of the molecule is COc1cc(NC(=O)c2ccc(CN3CCO[C@H](C)C3)cc2)c(OC)cc1Cl. The van der Waals surface area contributed by atoms with Crippen molar-refractivity contribution in [3.8, 4) is 11.5 Å². The molecule has 1 N–H and O–H groups in total. The van der Waals surface area contributed by atoms with Gasteiger partial charge in [-0.25, -0.2) is 0 Å². The summed E-state index contributed by atoms with van der Waals surface area (Å²) >= 11 is 6.11. The highest BCUT2D eigenvalue weighted by molar-refractivity contribution is 6.32. The molecular formula is C21H25ClN2O4. The fourth-order valence-electron chi connectivity index (χ4n) is 3.21. The highest BCUT2D eigenvalue weighted by Gasteiger charge is 2.17. The van der Waals surface area contributed by atoms with E-state index in [0.29, 0.717) is 27.8 Å². The van der Waals surface area contributed by atoms with E-state index < -0.39 is 0 Å². The summed E-state index contributed by atoms with van der Waals surface area (Å²) < 4.78 is 16.1. The van der Waals surface area contributed by atoms with Crippen molar-refractivity contribution in [2.45, 2.75) is 19.6 Å².